The molecule has 0 spiro atoms. The van der Waals surface area contributed by atoms with E-state index in [0.29, 0.717) is 0 Å². The van der Waals surface area contributed by atoms with Crippen molar-refractivity contribution < 1.29 is 13.6 Å². The summed E-state index contributed by atoms with van der Waals surface area (Å²) < 4.78 is 26.1. The molecular formula is C14H14F2O. The highest BCUT2D eigenvalue weighted by atomic mass is 19.1. The van der Waals surface area contributed by atoms with Gasteiger partial charge in [0.25, 0.3) is 0 Å². The van der Waals surface area contributed by atoms with Gasteiger partial charge >= 0.3 is 0 Å². The fraction of sp³-hybridized carbons (Fsp3) is 0.357. The van der Waals surface area contributed by atoms with Crippen molar-refractivity contribution in [2.24, 2.45) is 0 Å². The molecule has 0 atom stereocenters. The molecule has 90 valence electrons. The third kappa shape index (κ3) is 2.99. The molecule has 1 aliphatic rings. The Balaban J connectivity index is 2.19. The van der Waals surface area contributed by atoms with Gasteiger partial charge in [-0.05, 0) is 43.9 Å². The third-order valence-electron chi connectivity index (χ3n) is 3.03. The van der Waals surface area contributed by atoms with Gasteiger partial charge in [0, 0.05) is 6.07 Å². The molecule has 17 heavy (non-hydrogen) atoms. The number of rotatable bonds is 2. The van der Waals surface area contributed by atoms with Gasteiger partial charge in [-0.15, -0.1) is 0 Å². The van der Waals surface area contributed by atoms with Crippen LogP contribution in [-0.4, -0.2) is 5.78 Å². The number of allylic oxidation sites excluding steroid dienone is 2. The summed E-state index contributed by atoms with van der Waals surface area (Å²) in [5.74, 6) is -1.81. The zero-order valence-electron chi connectivity index (χ0n) is 9.51. The van der Waals surface area contributed by atoms with E-state index in [1.807, 2.05) is 0 Å². The van der Waals surface area contributed by atoms with Crippen LogP contribution in [0, 0.1) is 11.6 Å². The molecule has 0 aromatic heterocycles. The van der Waals surface area contributed by atoms with Gasteiger partial charge in [0.2, 0.25) is 0 Å². The van der Waals surface area contributed by atoms with Crippen LogP contribution in [0.4, 0.5) is 8.78 Å². The SMILES string of the molecule is O=C(C=C1CCCCC1)c1ccc(F)cc1F. The quantitative estimate of drug-likeness (QED) is 0.559. The molecule has 1 saturated carbocycles. The van der Waals surface area contributed by atoms with Crippen molar-refractivity contribution in [2.75, 3.05) is 0 Å². The van der Waals surface area contributed by atoms with Crippen molar-refractivity contribution in [1.29, 1.82) is 0 Å². The first kappa shape index (κ1) is 12.0. The zero-order chi connectivity index (χ0) is 12.3. The molecule has 2 rings (SSSR count). The topological polar surface area (TPSA) is 17.1 Å². The molecule has 3 heteroatoms. The molecule has 0 heterocycles. The van der Waals surface area contributed by atoms with Crippen molar-refractivity contribution in [3.05, 3.63) is 47.0 Å². The first-order valence-electron chi connectivity index (χ1n) is 5.85. The number of ketones is 1. The van der Waals surface area contributed by atoms with Crippen molar-refractivity contribution in [3.8, 4) is 0 Å². The van der Waals surface area contributed by atoms with Crippen LogP contribution in [-0.2, 0) is 0 Å². The van der Waals surface area contributed by atoms with Crippen LogP contribution in [0.1, 0.15) is 42.5 Å². The molecule has 1 nitrogen and oxygen atoms in total. The predicted molar refractivity (Wildman–Crippen MR) is 61.9 cm³/mol. The number of halogens is 2. The first-order valence-corrected chi connectivity index (χ1v) is 5.85. The minimum Gasteiger partial charge on any atom is -0.289 e. The lowest BCUT2D eigenvalue weighted by molar-refractivity contribution is 0.104. The van der Waals surface area contributed by atoms with E-state index >= 15 is 0 Å². The average Bonchev–Trinajstić information content (AvgIpc) is 2.30. The van der Waals surface area contributed by atoms with Gasteiger partial charge in [-0.25, -0.2) is 8.78 Å². The maximum absolute atomic E-state index is 13.4. The third-order valence-corrected chi connectivity index (χ3v) is 3.03. The van der Waals surface area contributed by atoms with Gasteiger partial charge in [0.1, 0.15) is 11.6 Å². The van der Waals surface area contributed by atoms with Crippen LogP contribution in [0.25, 0.3) is 0 Å². The van der Waals surface area contributed by atoms with Crippen LogP contribution < -0.4 is 0 Å². The lowest BCUT2D eigenvalue weighted by Crippen LogP contribution is -2.03. The average molecular weight is 236 g/mol. The van der Waals surface area contributed by atoms with Crippen LogP contribution in [0.15, 0.2) is 29.8 Å². The minimum absolute atomic E-state index is 0.0514. The van der Waals surface area contributed by atoms with E-state index in [1.54, 1.807) is 0 Å². The fourth-order valence-corrected chi connectivity index (χ4v) is 2.10. The monoisotopic (exact) mass is 236 g/mol. The Labute approximate surface area is 99.1 Å². The summed E-state index contributed by atoms with van der Waals surface area (Å²) in [4.78, 5) is 11.8. The summed E-state index contributed by atoms with van der Waals surface area (Å²) in [5, 5.41) is 0. The second-order valence-corrected chi connectivity index (χ2v) is 4.35. The van der Waals surface area contributed by atoms with Crippen molar-refractivity contribution in [3.63, 3.8) is 0 Å². The van der Waals surface area contributed by atoms with Crippen molar-refractivity contribution in [1.82, 2.24) is 0 Å². The molecule has 0 aliphatic heterocycles. The Morgan fingerprint density at radius 2 is 1.82 bits per heavy atom. The fourth-order valence-electron chi connectivity index (χ4n) is 2.10. The lowest BCUT2D eigenvalue weighted by atomic mass is 9.93. The van der Waals surface area contributed by atoms with Gasteiger partial charge in [0.15, 0.2) is 5.78 Å². The molecule has 0 saturated heterocycles. The van der Waals surface area contributed by atoms with Crippen molar-refractivity contribution >= 4 is 5.78 Å². The number of benzene rings is 1. The molecule has 1 aromatic rings. The maximum atomic E-state index is 13.4. The van der Waals surface area contributed by atoms with Crippen molar-refractivity contribution in [2.45, 2.75) is 32.1 Å². The predicted octanol–water partition coefficient (Wildman–Crippen LogP) is 4.04. The first-order chi connectivity index (χ1) is 8.16. The summed E-state index contributed by atoms with van der Waals surface area (Å²) in [6.45, 7) is 0. The van der Waals surface area contributed by atoms with E-state index in [-0.39, 0.29) is 11.3 Å². The zero-order valence-corrected chi connectivity index (χ0v) is 9.51. The van der Waals surface area contributed by atoms with Gasteiger partial charge in [-0.1, -0.05) is 12.0 Å². The summed E-state index contributed by atoms with van der Waals surface area (Å²) in [6.07, 6.45) is 6.70. The molecule has 0 radical (unpaired) electrons. The van der Waals surface area contributed by atoms with Crippen LogP contribution in [0.5, 0.6) is 0 Å². The van der Waals surface area contributed by atoms with Gasteiger partial charge in [-0.3, -0.25) is 4.79 Å². The summed E-state index contributed by atoms with van der Waals surface area (Å²) in [6, 6.07) is 3.05. The standard InChI is InChI=1S/C14H14F2O/c15-11-6-7-12(13(16)9-11)14(17)8-10-4-2-1-3-5-10/h6-9H,1-5H2. The maximum Gasteiger partial charge on any atom is 0.188 e. The highest BCUT2D eigenvalue weighted by Crippen LogP contribution is 2.23. The molecule has 0 unspecified atom stereocenters. The molecule has 0 N–H and O–H groups in total. The van der Waals surface area contributed by atoms with Crippen LogP contribution >= 0.6 is 0 Å². The second-order valence-electron chi connectivity index (χ2n) is 4.35. The van der Waals surface area contributed by atoms with Gasteiger partial charge in [0.05, 0.1) is 5.56 Å². The van der Waals surface area contributed by atoms with Gasteiger partial charge < -0.3 is 0 Å². The molecule has 1 aliphatic carbocycles. The highest BCUT2D eigenvalue weighted by molar-refractivity contribution is 6.05. The van der Waals surface area contributed by atoms with E-state index in [4.69, 9.17) is 0 Å². The number of hydrogen-bond donors (Lipinski definition) is 0. The smallest absolute Gasteiger partial charge is 0.188 e. The Bertz CT molecular complexity index is 455. The molecule has 1 fully saturated rings. The van der Waals surface area contributed by atoms with Crippen LogP contribution in [0.3, 0.4) is 0 Å². The van der Waals surface area contributed by atoms with E-state index in [9.17, 15) is 13.6 Å². The summed E-state index contributed by atoms with van der Waals surface area (Å²) in [7, 11) is 0. The molecular weight excluding hydrogens is 222 g/mol. The van der Waals surface area contributed by atoms with E-state index in [1.165, 1.54) is 18.6 Å². The normalized spacial score (nSPS) is 15.8. The largest absolute Gasteiger partial charge is 0.289 e. The van der Waals surface area contributed by atoms with Crippen LogP contribution in [0.2, 0.25) is 0 Å². The summed E-state index contributed by atoms with van der Waals surface area (Å²) in [5.41, 5.74) is 1.02. The molecule has 0 amide bonds. The number of carbonyl (C=O) groups is 1. The Hall–Kier alpha value is -1.51. The Kier molecular flexibility index (Phi) is 3.67. The lowest BCUT2D eigenvalue weighted by Gasteiger charge is -2.12. The Morgan fingerprint density at radius 1 is 1.12 bits per heavy atom. The second kappa shape index (κ2) is 5.21. The van der Waals surface area contributed by atoms with E-state index in [0.717, 1.165) is 43.4 Å². The number of hydrogen-bond acceptors (Lipinski definition) is 1. The molecule has 0 bridgehead atoms. The molecule has 1 aromatic carbocycles. The van der Waals surface area contributed by atoms with E-state index < -0.39 is 11.6 Å². The minimum atomic E-state index is -0.789. The Morgan fingerprint density at radius 3 is 2.47 bits per heavy atom. The summed E-state index contributed by atoms with van der Waals surface area (Å²) >= 11 is 0. The van der Waals surface area contributed by atoms with E-state index in [2.05, 4.69) is 0 Å². The van der Waals surface area contributed by atoms with Gasteiger partial charge in [-0.2, -0.15) is 0 Å². The highest BCUT2D eigenvalue weighted by Gasteiger charge is 2.12. The number of carbonyl (C=O) groups excluding carboxylic acids is 1.